The largest absolute Gasteiger partial charge is 0.469 e. The maximum Gasteiger partial charge on any atom is 0.309 e. The summed E-state index contributed by atoms with van der Waals surface area (Å²) < 4.78 is 4.71. The summed E-state index contributed by atoms with van der Waals surface area (Å²) in [4.78, 5) is 22.5. The number of hydrogen-bond acceptors (Lipinski definition) is 3. The van der Waals surface area contributed by atoms with Crippen LogP contribution in [0.5, 0.6) is 0 Å². The molecule has 1 atom stereocenters. The molecule has 1 saturated carbocycles. The Morgan fingerprint density at radius 1 is 1.54 bits per heavy atom. The van der Waals surface area contributed by atoms with E-state index in [0.717, 1.165) is 0 Å². The fraction of sp³-hybridized carbons (Fsp3) is 0.800. The summed E-state index contributed by atoms with van der Waals surface area (Å²) in [6.45, 7) is 3.90. The second kappa shape index (κ2) is 3.48. The quantitative estimate of drug-likeness (QED) is 0.581. The van der Waals surface area contributed by atoms with Gasteiger partial charge in [0.2, 0.25) is 0 Å². The normalized spacial score (nSPS) is 27.0. The van der Waals surface area contributed by atoms with Gasteiger partial charge in [-0.15, -0.1) is 0 Å². The Morgan fingerprint density at radius 3 is 2.62 bits per heavy atom. The van der Waals surface area contributed by atoms with Crippen LogP contribution in [-0.4, -0.2) is 18.9 Å². The zero-order chi connectivity index (χ0) is 10.1. The maximum atomic E-state index is 11.4. The SMILES string of the molecule is COC(=O)[C@@H]1CCC(=O)CC1(C)C. The van der Waals surface area contributed by atoms with Crippen molar-refractivity contribution in [3.63, 3.8) is 0 Å². The first kappa shape index (κ1) is 10.2. The number of ketones is 1. The molecule has 1 rings (SSSR count). The average molecular weight is 184 g/mol. The first-order valence-electron chi connectivity index (χ1n) is 4.57. The third-order valence-corrected chi connectivity index (χ3v) is 2.79. The molecule has 0 unspecified atom stereocenters. The van der Waals surface area contributed by atoms with Gasteiger partial charge in [-0.3, -0.25) is 9.59 Å². The summed E-state index contributed by atoms with van der Waals surface area (Å²) in [7, 11) is 1.40. The van der Waals surface area contributed by atoms with E-state index in [0.29, 0.717) is 19.3 Å². The van der Waals surface area contributed by atoms with Crippen molar-refractivity contribution >= 4 is 11.8 Å². The molecule has 13 heavy (non-hydrogen) atoms. The van der Waals surface area contributed by atoms with Crippen molar-refractivity contribution in [1.82, 2.24) is 0 Å². The molecule has 0 aromatic carbocycles. The highest BCUT2D eigenvalue weighted by atomic mass is 16.5. The van der Waals surface area contributed by atoms with Crippen molar-refractivity contribution in [2.45, 2.75) is 33.1 Å². The minimum Gasteiger partial charge on any atom is -0.469 e. The lowest BCUT2D eigenvalue weighted by atomic mass is 9.68. The molecule has 0 saturated heterocycles. The fourth-order valence-electron chi connectivity index (χ4n) is 1.99. The number of ether oxygens (including phenoxy) is 1. The molecule has 3 heteroatoms. The molecule has 0 aromatic rings. The number of carbonyl (C=O) groups is 2. The standard InChI is InChI=1S/C10H16O3/c1-10(2)6-7(11)4-5-8(10)9(12)13-3/h8H,4-6H2,1-3H3/t8-/m0/s1. The molecule has 1 fully saturated rings. The Morgan fingerprint density at radius 2 is 2.15 bits per heavy atom. The molecular formula is C10H16O3. The van der Waals surface area contributed by atoms with Crippen molar-refractivity contribution in [3.8, 4) is 0 Å². The molecule has 0 radical (unpaired) electrons. The van der Waals surface area contributed by atoms with E-state index in [4.69, 9.17) is 4.74 Å². The van der Waals surface area contributed by atoms with Gasteiger partial charge in [0.1, 0.15) is 5.78 Å². The summed E-state index contributed by atoms with van der Waals surface area (Å²) >= 11 is 0. The summed E-state index contributed by atoms with van der Waals surface area (Å²) in [5.74, 6) is -0.0437. The smallest absolute Gasteiger partial charge is 0.309 e. The van der Waals surface area contributed by atoms with Crippen LogP contribution in [0.25, 0.3) is 0 Å². The first-order valence-corrected chi connectivity index (χ1v) is 4.57. The molecule has 1 aliphatic rings. The second-order valence-electron chi connectivity index (χ2n) is 4.32. The van der Waals surface area contributed by atoms with Crippen LogP contribution in [0.4, 0.5) is 0 Å². The molecule has 0 aliphatic heterocycles. The number of Topliss-reactive ketones (excluding diaryl/α,β-unsaturated/α-hetero) is 1. The van der Waals surface area contributed by atoms with Gasteiger partial charge >= 0.3 is 5.97 Å². The van der Waals surface area contributed by atoms with Crippen LogP contribution in [-0.2, 0) is 14.3 Å². The van der Waals surface area contributed by atoms with Crippen molar-refractivity contribution in [1.29, 1.82) is 0 Å². The number of hydrogen-bond donors (Lipinski definition) is 0. The molecule has 0 amide bonds. The molecule has 74 valence electrons. The van der Waals surface area contributed by atoms with E-state index in [1.807, 2.05) is 13.8 Å². The number of esters is 1. The molecule has 1 aliphatic carbocycles. The summed E-state index contributed by atoms with van der Waals surface area (Å²) in [5.41, 5.74) is -0.234. The minimum absolute atomic E-state index is 0.116. The van der Waals surface area contributed by atoms with E-state index >= 15 is 0 Å². The Hall–Kier alpha value is -0.860. The zero-order valence-corrected chi connectivity index (χ0v) is 8.42. The lowest BCUT2D eigenvalue weighted by molar-refractivity contribution is -0.152. The van der Waals surface area contributed by atoms with Gasteiger partial charge < -0.3 is 4.74 Å². The molecule has 0 heterocycles. The number of methoxy groups -OCH3 is 1. The van der Waals surface area contributed by atoms with E-state index < -0.39 is 0 Å². The van der Waals surface area contributed by atoms with Crippen molar-refractivity contribution in [2.75, 3.05) is 7.11 Å². The molecule has 0 bridgehead atoms. The van der Waals surface area contributed by atoms with Gasteiger partial charge in [0.15, 0.2) is 0 Å². The Balaban J connectivity index is 2.75. The van der Waals surface area contributed by atoms with E-state index in [1.54, 1.807) is 0 Å². The Labute approximate surface area is 78.5 Å². The van der Waals surface area contributed by atoms with Gasteiger partial charge in [-0.25, -0.2) is 0 Å². The predicted octanol–water partition coefficient (Wildman–Crippen LogP) is 1.55. The van der Waals surface area contributed by atoms with Gasteiger partial charge in [-0.05, 0) is 11.8 Å². The molecule has 0 N–H and O–H groups in total. The second-order valence-corrected chi connectivity index (χ2v) is 4.32. The van der Waals surface area contributed by atoms with Crippen molar-refractivity contribution in [3.05, 3.63) is 0 Å². The van der Waals surface area contributed by atoms with Crippen LogP contribution in [0.15, 0.2) is 0 Å². The number of carbonyl (C=O) groups excluding carboxylic acids is 2. The molecular weight excluding hydrogens is 168 g/mol. The molecule has 0 spiro atoms. The first-order chi connectivity index (χ1) is 5.97. The minimum atomic E-state index is -0.234. The fourth-order valence-corrected chi connectivity index (χ4v) is 1.99. The van der Waals surface area contributed by atoms with Gasteiger partial charge in [-0.2, -0.15) is 0 Å². The zero-order valence-electron chi connectivity index (χ0n) is 8.42. The van der Waals surface area contributed by atoms with Crippen LogP contribution >= 0.6 is 0 Å². The van der Waals surface area contributed by atoms with E-state index in [9.17, 15) is 9.59 Å². The van der Waals surface area contributed by atoms with Crippen molar-refractivity contribution < 1.29 is 14.3 Å². The topological polar surface area (TPSA) is 43.4 Å². The maximum absolute atomic E-state index is 11.4. The highest BCUT2D eigenvalue weighted by Crippen LogP contribution is 2.39. The summed E-state index contributed by atoms with van der Waals surface area (Å²) in [5, 5.41) is 0. The van der Waals surface area contributed by atoms with Crippen LogP contribution in [0, 0.1) is 11.3 Å². The summed E-state index contributed by atoms with van der Waals surface area (Å²) in [6.07, 6.45) is 1.65. The van der Waals surface area contributed by atoms with Gasteiger partial charge in [-0.1, -0.05) is 13.8 Å². The van der Waals surface area contributed by atoms with Crippen LogP contribution in [0.1, 0.15) is 33.1 Å². The third kappa shape index (κ3) is 2.08. The predicted molar refractivity (Wildman–Crippen MR) is 48.1 cm³/mol. The van der Waals surface area contributed by atoms with Crippen molar-refractivity contribution in [2.24, 2.45) is 11.3 Å². The van der Waals surface area contributed by atoms with E-state index in [1.165, 1.54) is 7.11 Å². The van der Waals surface area contributed by atoms with E-state index in [-0.39, 0.29) is 23.1 Å². The average Bonchev–Trinajstić information content (AvgIpc) is 2.01. The van der Waals surface area contributed by atoms with Gasteiger partial charge in [0, 0.05) is 12.8 Å². The van der Waals surface area contributed by atoms with Gasteiger partial charge in [0.25, 0.3) is 0 Å². The lowest BCUT2D eigenvalue weighted by Crippen LogP contribution is -2.37. The van der Waals surface area contributed by atoms with Crippen LogP contribution in [0.3, 0.4) is 0 Å². The lowest BCUT2D eigenvalue weighted by Gasteiger charge is -2.35. The van der Waals surface area contributed by atoms with Crippen LogP contribution < -0.4 is 0 Å². The van der Waals surface area contributed by atoms with Crippen LogP contribution in [0.2, 0.25) is 0 Å². The highest BCUT2D eigenvalue weighted by Gasteiger charge is 2.40. The number of rotatable bonds is 1. The monoisotopic (exact) mass is 184 g/mol. The highest BCUT2D eigenvalue weighted by molar-refractivity contribution is 5.83. The van der Waals surface area contributed by atoms with E-state index in [2.05, 4.69) is 0 Å². The third-order valence-electron chi connectivity index (χ3n) is 2.79. The summed E-state index contributed by atoms with van der Waals surface area (Å²) in [6, 6.07) is 0. The Bertz CT molecular complexity index is 230. The van der Waals surface area contributed by atoms with Gasteiger partial charge in [0.05, 0.1) is 13.0 Å². The molecule has 3 nitrogen and oxygen atoms in total. The molecule has 0 aromatic heterocycles. The Kier molecular flexibility index (Phi) is 2.74.